The Balaban J connectivity index is 1.51. The summed E-state index contributed by atoms with van der Waals surface area (Å²) in [4.78, 5) is 20.1. The average Bonchev–Trinajstić information content (AvgIpc) is 3.25. The molecule has 0 atom stereocenters. The smallest absolute Gasteiger partial charge is 0.262 e. The highest BCUT2D eigenvalue weighted by Gasteiger charge is 2.12. The first kappa shape index (κ1) is 23.6. The summed E-state index contributed by atoms with van der Waals surface area (Å²) in [6.45, 7) is 5.83. The van der Waals surface area contributed by atoms with Crippen LogP contribution in [0.1, 0.15) is 28.1 Å². The second-order valence-corrected chi connectivity index (χ2v) is 8.27. The lowest BCUT2D eigenvalue weighted by atomic mass is 10.1. The SMILES string of the molecule is COc1cc(/C=C(/C#N)c2nc3cc(C)c(C)cc3[nH]2)ccc1OCC(=O)Nc1ccccc1C. The molecule has 0 saturated carbocycles. The van der Waals surface area contributed by atoms with Crippen LogP contribution in [0, 0.1) is 32.1 Å². The molecule has 7 nitrogen and oxygen atoms in total. The first-order chi connectivity index (χ1) is 16.9. The number of nitrogens with zero attached hydrogens (tertiary/aromatic N) is 2. The number of ether oxygens (including phenoxy) is 2. The molecule has 176 valence electrons. The molecule has 1 amide bonds. The molecule has 35 heavy (non-hydrogen) atoms. The number of para-hydroxylation sites is 1. The zero-order chi connectivity index (χ0) is 24.9. The zero-order valence-electron chi connectivity index (χ0n) is 20.1. The number of H-pyrrole nitrogens is 1. The van der Waals surface area contributed by atoms with Crippen molar-refractivity contribution in [2.45, 2.75) is 20.8 Å². The van der Waals surface area contributed by atoms with E-state index in [0.29, 0.717) is 22.9 Å². The van der Waals surface area contributed by atoms with E-state index in [9.17, 15) is 10.1 Å². The van der Waals surface area contributed by atoms with Crippen LogP contribution < -0.4 is 14.8 Å². The van der Waals surface area contributed by atoms with Gasteiger partial charge in [-0.05, 0) is 79.4 Å². The third kappa shape index (κ3) is 5.33. The van der Waals surface area contributed by atoms with E-state index in [1.54, 1.807) is 24.3 Å². The van der Waals surface area contributed by atoms with Crippen molar-refractivity contribution in [2.24, 2.45) is 0 Å². The van der Waals surface area contributed by atoms with Gasteiger partial charge in [-0.15, -0.1) is 0 Å². The minimum Gasteiger partial charge on any atom is -0.493 e. The summed E-state index contributed by atoms with van der Waals surface area (Å²) in [6, 6.07) is 19.1. The molecule has 0 aliphatic carbocycles. The van der Waals surface area contributed by atoms with Crippen molar-refractivity contribution in [1.29, 1.82) is 5.26 Å². The molecule has 0 aliphatic heterocycles. The molecule has 0 aliphatic rings. The number of aryl methyl sites for hydroxylation is 3. The number of imidazole rings is 1. The number of methoxy groups -OCH3 is 1. The highest BCUT2D eigenvalue weighted by molar-refractivity contribution is 5.93. The first-order valence-corrected chi connectivity index (χ1v) is 11.1. The number of amides is 1. The Kier molecular flexibility index (Phi) is 6.83. The molecule has 0 unspecified atom stereocenters. The lowest BCUT2D eigenvalue weighted by Gasteiger charge is -2.12. The monoisotopic (exact) mass is 466 g/mol. The Labute approximate surface area is 204 Å². The lowest BCUT2D eigenvalue weighted by molar-refractivity contribution is -0.118. The molecule has 3 aromatic carbocycles. The van der Waals surface area contributed by atoms with E-state index in [0.717, 1.165) is 39.0 Å². The fourth-order valence-corrected chi connectivity index (χ4v) is 3.65. The summed E-state index contributed by atoms with van der Waals surface area (Å²) >= 11 is 0. The molecular weight excluding hydrogens is 440 g/mol. The second-order valence-electron chi connectivity index (χ2n) is 8.27. The molecule has 1 heterocycles. The fraction of sp³-hybridized carbons (Fsp3) is 0.179. The normalized spacial score (nSPS) is 11.2. The number of nitriles is 1. The minimum atomic E-state index is -0.271. The van der Waals surface area contributed by atoms with E-state index in [1.165, 1.54) is 7.11 Å². The van der Waals surface area contributed by atoms with E-state index < -0.39 is 0 Å². The van der Waals surface area contributed by atoms with Gasteiger partial charge in [-0.1, -0.05) is 24.3 Å². The topological polar surface area (TPSA) is 100 Å². The first-order valence-electron chi connectivity index (χ1n) is 11.1. The summed E-state index contributed by atoms with van der Waals surface area (Å²) in [5, 5.41) is 12.6. The third-order valence-corrected chi connectivity index (χ3v) is 5.75. The Bertz CT molecular complexity index is 1440. The molecule has 0 radical (unpaired) electrons. The largest absolute Gasteiger partial charge is 0.493 e. The highest BCUT2D eigenvalue weighted by Crippen LogP contribution is 2.30. The molecule has 0 fully saturated rings. The quantitative estimate of drug-likeness (QED) is 0.347. The van der Waals surface area contributed by atoms with Gasteiger partial charge in [0, 0.05) is 5.69 Å². The van der Waals surface area contributed by atoms with Crippen LogP contribution in [0.2, 0.25) is 0 Å². The van der Waals surface area contributed by atoms with E-state index in [2.05, 4.69) is 21.4 Å². The molecular formula is C28H26N4O3. The summed E-state index contributed by atoms with van der Waals surface area (Å²) in [5.74, 6) is 1.11. The lowest BCUT2D eigenvalue weighted by Crippen LogP contribution is -2.20. The Morgan fingerprint density at radius 2 is 1.83 bits per heavy atom. The van der Waals surface area contributed by atoms with E-state index >= 15 is 0 Å². The van der Waals surface area contributed by atoms with Crippen LogP contribution in [0.3, 0.4) is 0 Å². The molecule has 4 rings (SSSR count). The summed E-state index contributed by atoms with van der Waals surface area (Å²) < 4.78 is 11.2. The van der Waals surface area contributed by atoms with Gasteiger partial charge in [0.1, 0.15) is 11.9 Å². The van der Waals surface area contributed by atoms with Gasteiger partial charge in [0.2, 0.25) is 0 Å². The third-order valence-electron chi connectivity index (χ3n) is 5.75. The predicted molar refractivity (Wildman–Crippen MR) is 137 cm³/mol. The summed E-state index contributed by atoms with van der Waals surface area (Å²) in [6.07, 6.45) is 1.73. The predicted octanol–water partition coefficient (Wildman–Crippen LogP) is 5.58. The van der Waals surface area contributed by atoms with Crippen molar-refractivity contribution in [3.63, 3.8) is 0 Å². The number of anilines is 1. The number of carbonyl (C=O) groups is 1. The van der Waals surface area contributed by atoms with Gasteiger partial charge in [-0.2, -0.15) is 5.26 Å². The standard InChI is InChI=1S/C28H26N4O3/c1-17-7-5-6-8-22(17)30-27(33)16-35-25-10-9-20(14-26(25)34-4)13-21(15-29)28-31-23-11-18(2)19(3)12-24(23)32-28/h5-14H,16H2,1-4H3,(H,30,33)(H,31,32)/b21-13-. The van der Waals surface area contributed by atoms with Crippen LogP contribution in [0.15, 0.2) is 54.6 Å². The molecule has 7 heteroatoms. The maximum absolute atomic E-state index is 12.3. The highest BCUT2D eigenvalue weighted by atomic mass is 16.5. The molecule has 0 bridgehead atoms. The van der Waals surface area contributed by atoms with Crippen LogP contribution in [-0.2, 0) is 4.79 Å². The zero-order valence-corrected chi connectivity index (χ0v) is 20.1. The molecule has 1 aromatic heterocycles. The molecule has 2 N–H and O–H groups in total. The molecule has 0 saturated heterocycles. The average molecular weight is 467 g/mol. The van der Waals surface area contributed by atoms with Crippen LogP contribution in [0.4, 0.5) is 5.69 Å². The summed E-state index contributed by atoms with van der Waals surface area (Å²) in [5.41, 5.74) is 6.84. The number of fused-ring (bicyclic) bond motifs is 1. The number of rotatable bonds is 7. The van der Waals surface area contributed by atoms with E-state index in [-0.39, 0.29) is 12.5 Å². The van der Waals surface area contributed by atoms with E-state index in [4.69, 9.17) is 9.47 Å². The van der Waals surface area contributed by atoms with Crippen molar-refractivity contribution in [2.75, 3.05) is 19.0 Å². The van der Waals surface area contributed by atoms with Gasteiger partial charge in [0.25, 0.3) is 5.91 Å². The van der Waals surface area contributed by atoms with Gasteiger partial charge >= 0.3 is 0 Å². The van der Waals surface area contributed by atoms with Crippen LogP contribution in [0.25, 0.3) is 22.7 Å². The van der Waals surface area contributed by atoms with Gasteiger partial charge in [-0.3, -0.25) is 4.79 Å². The number of nitrogens with one attached hydrogen (secondary N) is 2. The Morgan fingerprint density at radius 3 is 2.57 bits per heavy atom. The van der Waals surface area contributed by atoms with E-state index in [1.807, 2.05) is 57.2 Å². The maximum Gasteiger partial charge on any atom is 0.262 e. The number of hydrogen-bond acceptors (Lipinski definition) is 5. The van der Waals surface area contributed by atoms with Crippen molar-refractivity contribution in [1.82, 2.24) is 9.97 Å². The Hall–Kier alpha value is -4.57. The number of aromatic amines is 1. The molecule has 0 spiro atoms. The van der Waals surface area contributed by atoms with Crippen LogP contribution in [-0.4, -0.2) is 29.6 Å². The van der Waals surface area contributed by atoms with Crippen molar-refractivity contribution in [3.8, 4) is 17.6 Å². The van der Waals surface area contributed by atoms with Gasteiger partial charge in [0.05, 0.1) is 23.7 Å². The fourth-order valence-electron chi connectivity index (χ4n) is 3.65. The maximum atomic E-state index is 12.3. The number of benzene rings is 3. The second kappa shape index (κ2) is 10.1. The Morgan fingerprint density at radius 1 is 1.06 bits per heavy atom. The van der Waals surface area contributed by atoms with Crippen LogP contribution >= 0.6 is 0 Å². The summed E-state index contributed by atoms with van der Waals surface area (Å²) in [7, 11) is 1.53. The van der Waals surface area contributed by atoms with Crippen molar-refractivity contribution in [3.05, 3.63) is 82.7 Å². The minimum absolute atomic E-state index is 0.166. The van der Waals surface area contributed by atoms with Crippen molar-refractivity contribution < 1.29 is 14.3 Å². The number of aromatic nitrogens is 2. The van der Waals surface area contributed by atoms with Crippen LogP contribution in [0.5, 0.6) is 11.5 Å². The van der Waals surface area contributed by atoms with Gasteiger partial charge < -0.3 is 19.8 Å². The number of carbonyl (C=O) groups excluding carboxylic acids is 1. The molecule has 4 aromatic rings. The number of allylic oxidation sites excluding steroid dienone is 1. The van der Waals surface area contributed by atoms with Crippen molar-refractivity contribution >= 4 is 34.3 Å². The van der Waals surface area contributed by atoms with Gasteiger partial charge in [-0.25, -0.2) is 4.98 Å². The number of hydrogen-bond donors (Lipinski definition) is 2. The van der Waals surface area contributed by atoms with Gasteiger partial charge in [0.15, 0.2) is 18.1 Å².